The van der Waals surface area contributed by atoms with E-state index in [1.54, 1.807) is 11.0 Å². The molecule has 1 unspecified atom stereocenters. The normalized spacial score (nSPS) is 13.5. The van der Waals surface area contributed by atoms with Gasteiger partial charge in [-0.2, -0.15) is 0 Å². The minimum absolute atomic E-state index is 0. The number of methoxy groups -OCH3 is 1. The van der Waals surface area contributed by atoms with Crippen molar-refractivity contribution in [2.75, 3.05) is 13.7 Å². The van der Waals surface area contributed by atoms with Gasteiger partial charge in [0.1, 0.15) is 23.3 Å². The Morgan fingerprint density at radius 1 is 1.25 bits per heavy atom. The number of aromatic nitrogens is 1. The van der Waals surface area contributed by atoms with E-state index < -0.39 is 23.3 Å². The molecule has 1 aliphatic rings. The Labute approximate surface area is 221 Å². The molecule has 1 aromatic heterocycles. The molecular weight excluding hydrogens is 528 g/mol. The number of ketones is 1. The van der Waals surface area contributed by atoms with Crippen LogP contribution in [0.15, 0.2) is 24.3 Å². The fraction of sp³-hybridized carbons (Fsp3) is 0.423. The average molecular weight is 561 g/mol. The molecule has 194 valence electrons. The highest BCUT2D eigenvalue weighted by Gasteiger charge is 2.31. The molecule has 1 amide bonds. The van der Waals surface area contributed by atoms with Gasteiger partial charge in [-0.15, -0.1) is 17.0 Å². The number of hydrogen-bond acceptors (Lipinski definition) is 6. The number of nitrogens with one attached hydrogen (secondary N) is 2. The van der Waals surface area contributed by atoms with E-state index in [9.17, 15) is 19.5 Å². The first-order chi connectivity index (χ1) is 16.4. The summed E-state index contributed by atoms with van der Waals surface area (Å²) in [6.07, 6.45) is 0.756. The molecule has 3 rings (SSSR count). The predicted molar refractivity (Wildman–Crippen MR) is 142 cm³/mol. The molecule has 1 aliphatic heterocycles. The Kier molecular flexibility index (Phi) is 9.01. The molecule has 2 aromatic rings. The Balaban J connectivity index is 0.00000456. The van der Waals surface area contributed by atoms with Gasteiger partial charge >= 0.3 is 5.97 Å². The number of halogens is 1. The first-order valence-corrected chi connectivity index (χ1v) is 11.5. The number of hydrogen-bond donors (Lipinski definition) is 3. The summed E-state index contributed by atoms with van der Waals surface area (Å²) in [4.78, 5) is 43.8. The second kappa shape index (κ2) is 11.2. The zero-order valence-electron chi connectivity index (χ0n) is 21.4. The second-order valence-electron chi connectivity index (χ2n) is 9.68. The van der Waals surface area contributed by atoms with Crippen LogP contribution in [0.25, 0.3) is 0 Å². The molecule has 0 radical (unpaired) electrons. The number of Topliss-reactive ketones (excluding diaryl/α,β-unsaturated/α-hetero) is 1. The van der Waals surface area contributed by atoms with Crippen molar-refractivity contribution in [1.29, 1.82) is 5.41 Å². The van der Waals surface area contributed by atoms with Gasteiger partial charge in [-0.25, -0.2) is 4.98 Å². The van der Waals surface area contributed by atoms with Crippen LogP contribution in [0.3, 0.4) is 0 Å². The lowest BCUT2D eigenvalue weighted by Gasteiger charge is -2.25. The fourth-order valence-electron chi connectivity index (χ4n) is 3.96. The highest BCUT2D eigenvalue weighted by atomic mass is 79.9. The molecule has 0 saturated heterocycles. The number of nitrogens with zero attached hydrogens (tertiary/aromatic N) is 2. The van der Waals surface area contributed by atoms with Gasteiger partial charge in [-0.05, 0) is 37.0 Å². The molecule has 0 fully saturated rings. The molecule has 3 N–H and O–H groups in total. The lowest BCUT2D eigenvalue weighted by atomic mass is 9.83. The number of amidine groups is 1. The van der Waals surface area contributed by atoms with E-state index in [2.05, 4.69) is 10.3 Å². The Morgan fingerprint density at radius 2 is 1.92 bits per heavy atom. The van der Waals surface area contributed by atoms with Crippen LogP contribution < -0.4 is 10.1 Å². The number of carboxylic acids is 1. The van der Waals surface area contributed by atoms with Gasteiger partial charge in [-0.1, -0.05) is 33.8 Å². The van der Waals surface area contributed by atoms with Gasteiger partial charge in [0.15, 0.2) is 5.78 Å². The van der Waals surface area contributed by atoms with E-state index >= 15 is 0 Å². The molecule has 0 saturated carbocycles. The van der Waals surface area contributed by atoms with Crippen LogP contribution in [-0.2, 0) is 23.2 Å². The van der Waals surface area contributed by atoms with Crippen molar-refractivity contribution in [2.24, 2.45) is 0 Å². The van der Waals surface area contributed by atoms with Crippen molar-refractivity contribution in [1.82, 2.24) is 15.2 Å². The summed E-state index contributed by atoms with van der Waals surface area (Å²) in [7, 11) is 1.43. The van der Waals surface area contributed by atoms with Crippen molar-refractivity contribution in [2.45, 2.75) is 59.0 Å². The van der Waals surface area contributed by atoms with Gasteiger partial charge in [0.2, 0.25) is 0 Å². The van der Waals surface area contributed by atoms with Crippen LogP contribution in [0.4, 0.5) is 0 Å². The molecule has 1 atom stereocenters. The third kappa shape index (κ3) is 5.92. The van der Waals surface area contributed by atoms with Gasteiger partial charge in [0, 0.05) is 28.9 Å². The van der Waals surface area contributed by atoms with E-state index in [1.807, 2.05) is 39.8 Å². The molecule has 0 bridgehead atoms. The number of rotatable bonds is 8. The summed E-state index contributed by atoms with van der Waals surface area (Å²) >= 11 is 0. The number of ether oxygens (including phenoxy) is 1. The Hall–Kier alpha value is -3.27. The summed E-state index contributed by atoms with van der Waals surface area (Å²) in [6, 6.07) is 5.89. The maximum Gasteiger partial charge on any atom is 0.325 e. The Bertz CT molecular complexity index is 1210. The smallest absolute Gasteiger partial charge is 0.325 e. The van der Waals surface area contributed by atoms with Crippen LogP contribution in [0.5, 0.6) is 5.75 Å². The van der Waals surface area contributed by atoms with Crippen LogP contribution in [0, 0.1) is 5.41 Å². The number of carbonyl (C=O) groups is 3. The fourth-order valence-corrected chi connectivity index (χ4v) is 3.96. The monoisotopic (exact) mass is 560 g/mol. The second-order valence-corrected chi connectivity index (χ2v) is 9.68. The van der Waals surface area contributed by atoms with Crippen LogP contribution in [-0.4, -0.2) is 58.2 Å². The molecule has 1 aromatic carbocycles. The van der Waals surface area contributed by atoms with Crippen molar-refractivity contribution in [3.8, 4) is 5.75 Å². The summed E-state index contributed by atoms with van der Waals surface area (Å²) in [5.74, 6) is -1.60. The van der Waals surface area contributed by atoms with Gasteiger partial charge < -0.3 is 20.1 Å². The quantitative estimate of drug-likeness (QED) is 0.418. The molecule has 0 spiro atoms. The van der Waals surface area contributed by atoms with E-state index in [1.165, 1.54) is 20.1 Å². The van der Waals surface area contributed by atoms with Crippen molar-refractivity contribution >= 4 is 40.5 Å². The van der Waals surface area contributed by atoms with Crippen LogP contribution in [0.1, 0.15) is 77.8 Å². The first kappa shape index (κ1) is 29.0. The van der Waals surface area contributed by atoms with Crippen LogP contribution >= 0.6 is 17.0 Å². The van der Waals surface area contributed by atoms with Gasteiger partial charge in [-0.3, -0.25) is 19.8 Å². The maximum absolute atomic E-state index is 13.4. The van der Waals surface area contributed by atoms with E-state index in [0.717, 1.165) is 17.7 Å². The maximum atomic E-state index is 13.4. The van der Waals surface area contributed by atoms with E-state index in [-0.39, 0.29) is 46.3 Å². The number of carboxylic acid groups (broad SMARTS) is 1. The highest BCUT2D eigenvalue weighted by molar-refractivity contribution is 8.93. The lowest BCUT2D eigenvalue weighted by Crippen LogP contribution is -2.38. The number of aliphatic carboxylic acids is 1. The zero-order chi connectivity index (χ0) is 26.1. The summed E-state index contributed by atoms with van der Waals surface area (Å²) < 4.78 is 5.54. The van der Waals surface area contributed by atoms with E-state index in [0.29, 0.717) is 23.6 Å². The SMILES string of the molecule is Br.CCc1ccc2c(n1)C(=N)N(CC(=O)c1cc(C(=O)NC(C)C(=O)O)c(OC)c(C(C)(C)C)c1)C2. The number of aryl methyl sites for hydroxylation is 1. The minimum atomic E-state index is -1.17. The molecule has 36 heavy (non-hydrogen) atoms. The zero-order valence-corrected chi connectivity index (χ0v) is 23.1. The number of carbonyl (C=O) groups excluding carboxylic acids is 2. The number of pyridine rings is 1. The minimum Gasteiger partial charge on any atom is -0.496 e. The van der Waals surface area contributed by atoms with Crippen molar-refractivity contribution < 1.29 is 24.2 Å². The highest BCUT2D eigenvalue weighted by Crippen LogP contribution is 2.36. The molecule has 10 heteroatoms. The summed E-state index contributed by atoms with van der Waals surface area (Å²) in [5.41, 5.74) is 2.93. The lowest BCUT2D eigenvalue weighted by molar-refractivity contribution is -0.138. The van der Waals surface area contributed by atoms with Gasteiger partial charge in [0.05, 0.1) is 19.2 Å². The predicted octanol–water partition coefficient (Wildman–Crippen LogP) is 3.75. The molecule has 0 aliphatic carbocycles. The molecular formula is C26H33BrN4O5. The van der Waals surface area contributed by atoms with Crippen molar-refractivity contribution in [3.63, 3.8) is 0 Å². The third-order valence-corrected chi connectivity index (χ3v) is 6.02. The number of fused-ring (bicyclic) bond motifs is 1. The standard InChI is InChI=1S/C26H32N4O5.BrH/c1-7-17-9-8-15-12-30(23(27)21(15)29-17)13-20(31)16-10-18(24(32)28-14(2)25(33)34)22(35-6)19(11-16)26(3,4)5;/h8-11,14,27H,7,12-13H2,1-6H3,(H,28,32)(H,33,34);1H. The molecule has 2 heterocycles. The molecule has 9 nitrogen and oxygen atoms in total. The largest absolute Gasteiger partial charge is 0.496 e. The van der Waals surface area contributed by atoms with Crippen LogP contribution in [0.2, 0.25) is 0 Å². The average Bonchev–Trinajstić information content (AvgIpc) is 3.11. The number of benzene rings is 1. The first-order valence-electron chi connectivity index (χ1n) is 11.5. The van der Waals surface area contributed by atoms with Gasteiger partial charge in [0.25, 0.3) is 5.91 Å². The number of amides is 1. The topological polar surface area (TPSA) is 133 Å². The summed E-state index contributed by atoms with van der Waals surface area (Å²) in [5, 5.41) is 20.1. The van der Waals surface area contributed by atoms with Crippen molar-refractivity contribution in [3.05, 3.63) is 57.9 Å². The summed E-state index contributed by atoms with van der Waals surface area (Å²) in [6.45, 7) is 9.51. The van der Waals surface area contributed by atoms with E-state index in [4.69, 9.17) is 10.1 Å². The Morgan fingerprint density at radius 3 is 2.47 bits per heavy atom. The third-order valence-electron chi connectivity index (χ3n) is 6.02.